The molecule has 4 heterocycles. The lowest BCUT2D eigenvalue weighted by molar-refractivity contribution is 0.0581. The molecular formula is C22H20N6O2S. The monoisotopic (exact) mass is 432 g/mol. The Hall–Kier alpha value is -3.59. The Kier molecular flexibility index (Phi) is 5.40. The van der Waals surface area contributed by atoms with E-state index in [9.17, 15) is 4.79 Å². The summed E-state index contributed by atoms with van der Waals surface area (Å²) in [5.41, 5.74) is 1.53. The fraction of sp³-hybridized carbons (Fsp3) is 0.227. The lowest BCUT2D eigenvalue weighted by Gasteiger charge is -2.31. The number of benzene rings is 1. The summed E-state index contributed by atoms with van der Waals surface area (Å²) in [7, 11) is 0. The van der Waals surface area contributed by atoms with Gasteiger partial charge in [0.2, 0.25) is 5.88 Å². The van der Waals surface area contributed by atoms with Crippen molar-refractivity contribution < 1.29 is 9.53 Å². The molecule has 3 aromatic heterocycles. The van der Waals surface area contributed by atoms with Gasteiger partial charge in [-0.15, -0.1) is 21.5 Å². The highest BCUT2D eigenvalue weighted by molar-refractivity contribution is 7.13. The molecule has 1 saturated heterocycles. The van der Waals surface area contributed by atoms with Gasteiger partial charge in [-0.1, -0.05) is 30.3 Å². The molecule has 0 atom stereocenters. The SMILES string of the molecule is O=C(c1csc(-c2ccccc2)n1)N1CCC(Oc2ccc(-n3cccn3)nn2)CC1. The van der Waals surface area contributed by atoms with E-state index in [2.05, 4.69) is 20.3 Å². The lowest BCUT2D eigenvalue weighted by atomic mass is 10.1. The Morgan fingerprint density at radius 1 is 1.03 bits per heavy atom. The standard InChI is InChI=1S/C22H20N6O2S/c29-22(18-15-31-21(24-18)16-5-2-1-3-6-16)27-13-9-17(10-14-27)30-20-8-7-19(25-26-20)28-12-4-11-23-28/h1-8,11-12,15,17H,9-10,13-14H2. The number of aromatic nitrogens is 5. The molecule has 5 rings (SSSR count). The predicted octanol–water partition coefficient (Wildman–Crippen LogP) is 3.47. The molecule has 1 aromatic carbocycles. The van der Waals surface area contributed by atoms with Gasteiger partial charge in [0.15, 0.2) is 5.82 Å². The summed E-state index contributed by atoms with van der Waals surface area (Å²) in [6.45, 7) is 1.25. The van der Waals surface area contributed by atoms with Crippen LogP contribution in [0.1, 0.15) is 23.3 Å². The number of nitrogens with zero attached hydrogens (tertiary/aromatic N) is 6. The smallest absolute Gasteiger partial charge is 0.273 e. The molecular weight excluding hydrogens is 412 g/mol. The largest absolute Gasteiger partial charge is 0.473 e. The van der Waals surface area contributed by atoms with Crippen LogP contribution in [0.25, 0.3) is 16.4 Å². The number of hydrogen-bond donors (Lipinski definition) is 0. The third kappa shape index (κ3) is 4.31. The van der Waals surface area contributed by atoms with Crippen molar-refractivity contribution >= 4 is 17.2 Å². The summed E-state index contributed by atoms with van der Waals surface area (Å²) in [6.07, 6.45) is 4.98. The first kappa shape index (κ1) is 19.4. The molecule has 1 fully saturated rings. The van der Waals surface area contributed by atoms with Crippen molar-refractivity contribution in [1.82, 2.24) is 29.9 Å². The van der Waals surface area contributed by atoms with Crippen molar-refractivity contribution in [2.24, 2.45) is 0 Å². The Labute approximate surface area is 183 Å². The Morgan fingerprint density at radius 3 is 2.58 bits per heavy atom. The maximum atomic E-state index is 12.9. The van der Waals surface area contributed by atoms with Crippen molar-refractivity contribution in [3.63, 3.8) is 0 Å². The first-order valence-corrected chi connectivity index (χ1v) is 10.9. The van der Waals surface area contributed by atoms with Gasteiger partial charge in [-0.25, -0.2) is 9.67 Å². The molecule has 31 heavy (non-hydrogen) atoms. The van der Waals surface area contributed by atoms with E-state index in [0.29, 0.717) is 30.5 Å². The van der Waals surface area contributed by atoms with Crippen LogP contribution in [0.5, 0.6) is 5.88 Å². The van der Waals surface area contributed by atoms with Gasteiger partial charge in [0.1, 0.15) is 16.8 Å². The van der Waals surface area contributed by atoms with Crippen molar-refractivity contribution in [2.75, 3.05) is 13.1 Å². The van der Waals surface area contributed by atoms with Crippen molar-refractivity contribution in [2.45, 2.75) is 18.9 Å². The van der Waals surface area contributed by atoms with Crippen LogP contribution in [-0.2, 0) is 0 Å². The minimum atomic E-state index is -0.0275. The highest BCUT2D eigenvalue weighted by Crippen LogP contribution is 2.25. The first-order chi connectivity index (χ1) is 15.3. The molecule has 0 radical (unpaired) electrons. The van der Waals surface area contributed by atoms with Gasteiger partial charge in [0, 0.05) is 55.3 Å². The summed E-state index contributed by atoms with van der Waals surface area (Å²) in [5.74, 6) is 1.09. The third-order valence-electron chi connectivity index (χ3n) is 5.13. The number of carbonyl (C=O) groups excluding carboxylic acids is 1. The maximum Gasteiger partial charge on any atom is 0.273 e. The van der Waals surface area contributed by atoms with E-state index in [1.54, 1.807) is 16.9 Å². The fourth-order valence-corrected chi connectivity index (χ4v) is 4.30. The van der Waals surface area contributed by atoms with E-state index in [1.807, 2.05) is 58.9 Å². The molecule has 0 N–H and O–H groups in total. The lowest BCUT2D eigenvalue weighted by Crippen LogP contribution is -2.42. The van der Waals surface area contributed by atoms with Crippen molar-refractivity contribution in [3.8, 4) is 22.3 Å². The van der Waals surface area contributed by atoms with E-state index in [-0.39, 0.29) is 12.0 Å². The Morgan fingerprint density at radius 2 is 1.87 bits per heavy atom. The number of thiazole rings is 1. The topological polar surface area (TPSA) is 86.0 Å². The molecule has 9 heteroatoms. The third-order valence-corrected chi connectivity index (χ3v) is 6.02. The van der Waals surface area contributed by atoms with Gasteiger partial charge in [0.05, 0.1) is 0 Å². The highest BCUT2D eigenvalue weighted by Gasteiger charge is 2.26. The number of piperidine rings is 1. The number of amides is 1. The van der Waals surface area contributed by atoms with Crippen molar-refractivity contribution in [1.29, 1.82) is 0 Å². The van der Waals surface area contributed by atoms with Gasteiger partial charge in [-0.2, -0.15) is 5.10 Å². The molecule has 8 nitrogen and oxygen atoms in total. The summed E-state index contributed by atoms with van der Waals surface area (Å²) in [5, 5.41) is 15.1. The molecule has 0 saturated carbocycles. The molecule has 0 bridgehead atoms. The van der Waals surface area contributed by atoms with Crippen LogP contribution in [0.15, 0.2) is 66.3 Å². The Balaban J connectivity index is 1.16. The van der Waals surface area contributed by atoms with Crippen LogP contribution in [-0.4, -0.2) is 55.0 Å². The molecule has 1 amide bonds. The van der Waals surface area contributed by atoms with Gasteiger partial charge in [-0.05, 0) is 12.1 Å². The molecule has 0 spiro atoms. The second kappa shape index (κ2) is 8.65. The molecule has 1 aliphatic rings. The zero-order valence-electron chi connectivity index (χ0n) is 16.7. The minimum absolute atomic E-state index is 0.00390. The number of carbonyl (C=O) groups is 1. The maximum absolute atomic E-state index is 12.9. The van der Waals surface area contributed by atoms with Gasteiger partial charge < -0.3 is 9.64 Å². The van der Waals surface area contributed by atoms with Gasteiger partial charge in [-0.3, -0.25) is 4.79 Å². The van der Waals surface area contributed by atoms with Gasteiger partial charge >= 0.3 is 0 Å². The molecule has 156 valence electrons. The number of likely N-dealkylation sites (tertiary alicyclic amines) is 1. The average Bonchev–Trinajstić information content (AvgIpc) is 3.53. The average molecular weight is 433 g/mol. The van der Waals surface area contributed by atoms with E-state index >= 15 is 0 Å². The van der Waals surface area contributed by atoms with Crippen LogP contribution in [0.3, 0.4) is 0 Å². The number of ether oxygens (including phenoxy) is 1. The highest BCUT2D eigenvalue weighted by atomic mass is 32.1. The van der Waals surface area contributed by atoms with Crippen LogP contribution in [0.4, 0.5) is 0 Å². The van der Waals surface area contributed by atoms with Gasteiger partial charge in [0.25, 0.3) is 5.91 Å². The zero-order valence-corrected chi connectivity index (χ0v) is 17.5. The molecule has 0 unspecified atom stereocenters. The van der Waals surface area contributed by atoms with E-state index in [0.717, 1.165) is 23.4 Å². The summed E-state index contributed by atoms with van der Waals surface area (Å²) in [4.78, 5) is 19.2. The second-order valence-corrected chi connectivity index (χ2v) is 8.05. The zero-order chi connectivity index (χ0) is 21.0. The molecule has 1 aliphatic heterocycles. The number of rotatable bonds is 5. The fourth-order valence-electron chi connectivity index (χ4n) is 3.50. The normalized spacial score (nSPS) is 14.5. The van der Waals surface area contributed by atoms with Crippen LogP contribution < -0.4 is 4.74 Å². The summed E-state index contributed by atoms with van der Waals surface area (Å²) >= 11 is 1.49. The molecule has 0 aliphatic carbocycles. The minimum Gasteiger partial charge on any atom is -0.473 e. The van der Waals surface area contributed by atoms with E-state index in [1.165, 1.54) is 11.3 Å². The summed E-state index contributed by atoms with van der Waals surface area (Å²) < 4.78 is 7.61. The predicted molar refractivity (Wildman–Crippen MR) is 116 cm³/mol. The molecule has 4 aromatic rings. The van der Waals surface area contributed by atoms with E-state index < -0.39 is 0 Å². The van der Waals surface area contributed by atoms with E-state index in [4.69, 9.17) is 4.74 Å². The Bertz CT molecular complexity index is 1140. The first-order valence-electron chi connectivity index (χ1n) is 10.1. The summed E-state index contributed by atoms with van der Waals surface area (Å²) in [6, 6.07) is 15.4. The number of hydrogen-bond acceptors (Lipinski definition) is 7. The quantitative estimate of drug-likeness (QED) is 0.480. The van der Waals surface area contributed by atoms with Crippen LogP contribution in [0, 0.1) is 0 Å². The second-order valence-electron chi connectivity index (χ2n) is 7.19. The van der Waals surface area contributed by atoms with Crippen LogP contribution >= 0.6 is 11.3 Å². The van der Waals surface area contributed by atoms with Crippen LogP contribution in [0.2, 0.25) is 0 Å². The van der Waals surface area contributed by atoms with Crippen molar-refractivity contribution in [3.05, 3.63) is 72.0 Å².